The molecule has 0 saturated heterocycles. The highest BCUT2D eigenvalue weighted by molar-refractivity contribution is 7.14. The molecule has 30 heavy (non-hydrogen) atoms. The maximum atomic E-state index is 12.7. The van der Waals surface area contributed by atoms with Crippen LogP contribution in [0.4, 0.5) is 5.13 Å². The largest absolute Gasteiger partial charge is 0.493 e. The van der Waals surface area contributed by atoms with Gasteiger partial charge in [0.1, 0.15) is 6.33 Å². The van der Waals surface area contributed by atoms with Crippen LogP contribution < -0.4 is 14.8 Å². The van der Waals surface area contributed by atoms with Crippen LogP contribution in [0, 0.1) is 6.92 Å². The van der Waals surface area contributed by atoms with Crippen LogP contribution >= 0.6 is 11.3 Å². The fourth-order valence-electron chi connectivity index (χ4n) is 2.95. The lowest BCUT2D eigenvalue weighted by molar-refractivity contribution is 0.102. The number of rotatable bonds is 6. The van der Waals surface area contributed by atoms with Crippen molar-refractivity contribution in [2.24, 2.45) is 0 Å². The highest BCUT2D eigenvalue weighted by Gasteiger charge is 2.13. The Labute approximate surface area is 176 Å². The van der Waals surface area contributed by atoms with Gasteiger partial charge in [0.05, 0.1) is 25.6 Å². The molecule has 0 aliphatic carbocycles. The molecule has 0 saturated carbocycles. The number of carbonyl (C=O) groups is 1. The van der Waals surface area contributed by atoms with E-state index in [9.17, 15) is 4.79 Å². The van der Waals surface area contributed by atoms with Gasteiger partial charge < -0.3 is 9.47 Å². The van der Waals surface area contributed by atoms with Crippen LogP contribution in [-0.4, -0.2) is 45.3 Å². The third kappa shape index (κ3) is 3.85. The number of ether oxygens (including phenoxy) is 2. The van der Waals surface area contributed by atoms with Crippen molar-refractivity contribution in [2.75, 3.05) is 19.5 Å². The summed E-state index contributed by atoms with van der Waals surface area (Å²) >= 11 is 1.35. The Balaban J connectivity index is 1.51. The Morgan fingerprint density at radius 3 is 2.63 bits per heavy atom. The smallest absolute Gasteiger partial charge is 0.257 e. The summed E-state index contributed by atoms with van der Waals surface area (Å²) in [6.45, 7) is 1.90. The van der Waals surface area contributed by atoms with Gasteiger partial charge in [0.25, 0.3) is 5.91 Å². The Kier molecular flexibility index (Phi) is 5.40. The van der Waals surface area contributed by atoms with Crippen molar-refractivity contribution >= 4 is 22.4 Å². The molecule has 0 aliphatic rings. The Bertz CT molecular complexity index is 1190. The molecule has 9 nitrogen and oxygen atoms in total. The number of tetrazole rings is 1. The minimum atomic E-state index is -0.241. The van der Waals surface area contributed by atoms with Gasteiger partial charge in [-0.25, -0.2) is 9.67 Å². The van der Waals surface area contributed by atoms with Crippen LogP contribution in [0.3, 0.4) is 0 Å². The number of aryl methyl sites for hydroxylation is 1. The van der Waals surface area contributed by atoms with E-state index in [1.165, 1.54) is 17.7 Å². The number of aromatic nitrogens is 5. The molecule has 0 atom stereocenters. The predicted octanol–water partition coefficient (Wildman–Crippen LogP) is 3.36. The zero-order chi connectivity index (χ0) is 21.1. The van der Waals surface area contributed by atoms with Gasteiger partial charge in [0.2, 0.25) is 0 Å². The Morgan fingerprint density at radius 2 is 1.93 bits per heavy atom. The number of anilines is 1. The molecule has 0 bridgehead atoms. The number of benzene rings is 2. The van der Waals surface area contributed by atoms with Crippen LogP contribution in [0.2, 0.25) is 0 Å². The number of nitrogens with one attached hydrogen (secondary N) is 1. The summed E-state index contributed by atoms with van der Waals surface area (Å²) in [6.07, 6.45) is 1.51. The van der Waals surface area contributed by atoms with E-state index in [-0.39, 0.29) is 5.91 Å². The van der Waals surface area contributed by atoms with Gasteiger partial charge in [0, 0.05) is 16.5 Å². The second-order valence-electron chi connectivity index (χ2n) is 6.32. The monoisotopic (exact) mass is 422 g/mol. The summed E-state index contributed by atoms with van der Waals surface area (Å²) < 4.78 is 12.2. The molecule has 10 heteroatoms. The molecular formula is C20H18N6O3S. The topological polar surface area (TPSA) is 104 Å². The van der Waals surface area contributed by atoms with Gasteiger partial charge >= 0.3 is 0 Å². The molecule has 1 amide bonds. The summed E-state index contributed by atoms with van der Waals surface area (Å²) in [6, 6.07) is 10.9. The number of carbonyl (C=O) groups excluding carboxylic acids is 1. The molecule has 0 aliphatic heterocycles. The first-order valence-electron chi connectivity index (χ1n) is 8.92. The van der Waals surface area contributed by atoms with E-state index in [0.717, 1.165) is 22.5 Å². The van der Waals surface area contributed by atoms with Gasteiger partial charge in [-0.05, 0) is 59.3 Å². The standard InChI is InChI=1S/C20H18N6O3S/c1-12-8-14(4-6-16(12)26-11-21-24-25-26)19(27)23-20-22-15(10-30-20)13-5-7-17(28-2)18(9-13)29-3/h4-11H,1-3H3,(H,22,23,27). The van der Waals surface area contributed by atoms with E-state index >= 15 is 0 Å². The van der Waals surface area contributed by atoms with Gasteiger partial charge in [-0.15, -0.1) is 16.4 Å². The molecule has 2 aromatic heterocycles. The fraction of sp³-hybridized carbons (Fsp3) is 0.150. The lowest BCUT2D eigenvalue weighted by Gasteiger charge is -2.08. The Morgan fingerprint density at radius 1 is 1.10 bits per heavy atom. The van der Waals surface area contributed by atoms with E-state index in [0.29, 0.717) is 22.2 Å². The van der Waals surface area contributed by atoms with Crippen molar-refractivity contribution in [2.45, 2.75) is 6.92 Å². The fourth-order valence-corrected chi connectivity index (χ4v) is 3.67. The number of nitrogens with zero attached hydrogens (tertiary/aromatic N) is 5. The number of thiazole rings is 1. The Hall–Kier alpha value is -3.79. The van der Waals surface area contributed by atoms with E-state index < -0.39 is 0 Å². The van der Waals surface area contributed by atoms with Crippen LogP contribution in [0.5, 0.6) is 11.5 Å². The molecule has 0 unspecified atom stereocenters. The van der Waals surface area contributed by atoms with Crippen molar-refractivity contribution in [1.29, 1.82) is 0 Å². The zero-order valence-electron chi connectivity index (χ0n) is 16.5. The third-order valence-electron chi connectivity index (χ3n) is 4.46. The molecule has 4 rings (SSSR count). The van der Waals surface area contributed by atoms with E-state index in [1.807, 2.05) is 30.5 Å². The van der Waals surface area contributed by atoms with E-state index in [1.54, 1.807) is 37.1 Å². The first-order valence-corrected chi connectivity index (χ1v) is 9.80. The SMILES string of the molecule is COc1ccc(-c2csc(NC(=O)c3ccc(-n4cnnn4)c(C)c3)n2)cc1OC. The maximum absolute atomic E-state index is 12.7. The van der Waals surface area contributed by atoms with Crippen molar-refractivity contribution in [3.8, 4) is 28.4 Å². The summed E-state index contributed by atoms with van der Waals surface area (Å²) in [5, 5.41) is 16.4. The average Bonchev–Trinajstić information content (AvgIpc) is 3.45. The van der Waals surface area contributed by atoms with Crippen molar-refractivity contribution < 1.29 is 14.3 Å². The van der Waals surface area contributed by atoms with Crippen LogP contribution in [-0.2, 0) is 0 Å². The van der Waals surface area contributed by atoms with Crippen molar-refractivity contribution in [3.63, 3.8) is 0 Å². The molecule has 0 spiro atoms. The van der Waals surface area contributed by atoms with Gasteiger partial charge in [-0.1, -0.05) is 0 Å². The zero-order valence-corrected chi connectivity index (χ0v) is 17.3. The second kappa shape index (κ2) is 8.29. The molecule has 2 heterocycles. The van der Waals surface area contributed by atoms with Crippen LogP contribution in [0.25, 0.3) is 16.9 Å². The minimum Gasteiger partial charge on any atom is -0.493 e. The molecule has 1 N–H and O–H groups in total. The molecule has 0 radical (unpaired) electrons. The summed E-state index contributed by atoms with van der Waals surface area (Å²) in [5.74, 6) is 1.02. The summed E-state index contributed by atoms with van der Waals surface area (Å²) in [7, 11) is 3.17. The summed E-state index contributed by atoms with van der Waals surface area (Å²) in [4.78, 5) is 17.2. The lowest BCUT2D eigenvalue weighted by atomic mass is 10.1. The van der Waals surface area contributed by atoms with Gasteiger partial charge in [-0.3, -0.25) is 10.1 Å². The first kappa shape index (κ1) is 19.5. The maximum Gasteiger partial charge on any atom is 0.257 e. The van der Waals surface area contributed by atoms with Gasteiger partial charge in [0.15, 0.2) is 16.6 Å². The number of methoxy groups -OCH3 is 2. The molecular weight excluding hydrogens is 404 g/mol. The van der Waals surface area contributed by atoms with E-state index in [4.69, 9.17) is 9.47 Å². The van der Waals surface area contributed by atoms with E-state index in [2.05, 4.69) is 25.8 Å². The third-order valence-corrected chi connectivity index (χ3v) is 5.22. The highest BCUT2D eigenvalue weighted by atomic mass is 32.1. The average molecular weight is 422 g/mol. The number of hydrogen-bond acceptors (Lipinski definition) is 8. The number of amides is 1. The van der Waals surface area contributed by atoms with Crippen LogP contribution in [0.1, 0.15) is 15.9 Å². The quantitative estimate of drug-likeness (QED) is 0.508. The molecule has 4 aromatic rings. The molecule has 2 aromatic carbocycles. The van der Waals surface area contributed by atoms with Crippen molar-refractivity contribution in [3.05, 3.63) is 59.2 Å². The normalized spacial score (nSPS) is 10.6. The lowest BCUT2D eigenvalue weighted by Crippen LogP contribution is -2.12. The first-order chi connectivity index (χ1) is 14.6. The van der Waals surface area contributed by atoms with Crippen LogP contribution in [0.15, 0.2) is 48.1 Å². The predicted molar refractivity (Wildman–Crippen MR) is 112 cm³/mol. The van der Waals surface area contributed by atoms with Crippen molar-refractivity contribution in [1.82, 2.24) is 25.2 Å². The molecule has 152 valence electrons. The second-order valence-corrected chi connectivity index (χ2v) is 7.18. The highest BCUT2D eigenvalue weighted by Crippen LogP contribution is 2.33. The minimum absolute atomic E-state index is 0.241. The molecule has 0 fully saturated rings. The number of hydrogen-bond donors (Lipinski definition) is 1. The van der Waals surface area contributed by atoms with Gasteiger partial charge in [-0.2, -0.15) is 0 Å². The summed E-state index contributed by atoms with van der Waals surface area (Å²) in [5.41, 5.74) is 3.81.